The summed E-state index contributed by atoms with van der Waals surface area (Å²) in [6.45, 7) is 8.16. The lowest BCUT2D eigenvalue weighted by Gasteiger charge is -2.44. The molecular weight excluding hydrogens is 585 g/mol. The molecule has 0 saturated carbocycles. The van der Waals surface area contributed by atoms with Crippen LogP contribution in [0.25, 0.3) is 11.1 Å². The summed E-state index contributed by atoms with van der Waals surface area (Å²) in [5.74, 6) is -1.94. The molecule has 0 aromatic heterocycles. The second kappa shape index (κ2) is 10.2. The molecule has 1 aliphatic carbocycles. The Bertz CT molecular complexity index is 1970. The monoisotopic (exact) mass is 618 g/mol. The number of carbonyl (C=O) groups excluding carboxylic acids is 2. The Labute approximate surface area is 272 Å². The highest BCUT2D eigenvalue weighted by Crippen LogP contribution is 2.76. The summed E-state index contributed by atoms with van der Waals surface area (Å²) in [5, 5.41) is 0. The first-order valence-corrected chi connectivity index (χ1v) is 17.0. The van der Waals surface area contributed by atoms with Crippen LogP contribution in [0.2, 0.25) is 0 Å². The second-order valence-electron chi connectivity index (χ2n) is 13.2. The minimum absolute atomic E-state index is 0.115. The molecule has 0 N–H and O–H groups in total. The van der Waals surface area contributed by atoms with Gasteiger partial charge in [-0.15, -0.1) is 0 Å². The third-order valence-electron chi connectivity index (χ3n) is 10.5. The van der Waals surface area contributed by atoms with Gasteiger partial charge in [-0.2, -0.15) is 0 Å². The molecule has 2 bridgehead atoms. The summed E-state index contributed by atoms with van der Waals surface area (Å²) in [5.41, 5.74) is 10.4. The maximum absolute atomic E-state index is 16.3. The van der Waals surface area contributed by atoms with Crippen LogP contribution in [0.1, 0.15) is 65.2 Å². The fraction of sp³-hybridized carbons (Fsp3) is 0.190. The summed E-state index contributed by atoms with van der Waals surface area (Å²) in [6.07, 6.45) is 0. The highest BCUT2D eigenvalue weighted by atomic mass is 32.2. The van der Waals surface area contributed by atoms with Crippen molar-refractivity contribution in [2.45, 2.75) is 37.2 Å². The van der Waals surface area contributed by atoms with Crippen LogP contribution in [0, 0.1) is 39.5 Å². The molecule has 3 aliphatic rings. The summed E-state index contributed by atoms with van der Waals surface area (Å²) in [7, 11) is -1.77. The molecule has 0 radical (unpaired) electrons. The molecule has 0 spiro atoms. The van der Waals surface area contributed by atoms with E-state index in [9.17, 15) is 0 Å². The fourth-order valence-electron chi connectivity index (χ4n) is 8.36. The maximum Gasteiger partial charge on any atom is 0.169 e. The lowest BCUT2D eigenvalue weighted by atomic mass is 9.53. The first kappa shape index (κ1) is 28.8. The van der Waals surface area contributed by atoms with Gasteiger partial charge in [-0.3, -0.25) is 13.8 Å². The van der Waals surface area contributed by atoms with Crippen molar-refractivity contribution in [3.63, 3.8) is 0 Å². The van der Waals surface area contributed by atoms with Crippen LogP contribution in [0.5, 0.6) is 0 Å². The predicted molar refractivity (Wildman–Crippen MR) is 185 cm³/mol. The third kappa shape index (κ3) is 3.62. The lowest BCUT2D eigenvalue weighted by Crippen LogP contribution is -2.50. The van der Waals surface area contributed by atoms with E-state index in [4.69, 9.17) is 0 Å². The molecule has 8 rings (SSSR count). The molecule has 1 fully saturated rings. The van der Waals surface area contributed by atoms with Crippen molar-refractivity contribution in [3.8, 4) is 0 Å². The molecule has 5 aromatic rings. The minimum Gasteiger partial charge on any atom is -0.294 e. The smallest absolute Gasteiger partial charge is 0.169 e. The molecule has 226 valence electrons. The van der Waals surface area contributed by atoms with Gasteiger partial charge in [0.1, 0.15) is 9.49 Å². The standard InChI is InChI=1S/C42H34O3S/c1-25-9-17-29(18-10-25)35-36(30-19-11-26(2)12-20-30)42(32-23-15-28(4)16-24-32)38-37(39(43)33-7-5-6-8-34(33)40(38)44)41(35,46(42)45)31-21-13-27(3)14-22-31/h5-24,37-38H,1-4H3. The Hall–Kier alpha value is -4.67. The van der Waals surface area contributed by atoms with E-state index in [0.29, 0.717) is 11.1 Å². The molecule has 4 unspecified atom stereocenters. The molecular formula is C42H34O3S. The normalized spacial score (nSPS) is 26.3. The van der Waals surface area contributed by atoms with Crippen molar-refractivity contribution in [3.05, 3.63) is 177 Å². The number of carbonyl (C=O) groups is 2. The van der Waals surface area contributed by atoms with E-state index in [-0.39, 0.29) is 11.6 Å². The van der Waals surface area contributed by atoms with E-state index < -0.39 is 32.1 Å². The topological polar surface area (TPSA) is 51.2 Å². The summed E-state index contributed by atoms with van der Waals surface area (Å²) in [4.78, 5) is 30.1. The zero-order valence-corrected chi connectivity index (χ0v) is 27.2. The zero-order chi connectivity index (χ0) is 32.0. The Morgan fingerprint density at radius 1 is 0.457 bits per heavy atom. The number of fused-ring (bicyclic) bond motifs is 6. The molecule has 2 aliphatic heterocycles. The highest BCUT2D eigenvalue weighted by Gasteiger charge is 2.80. The van der Waals surface area contributed by atoms with Crippen LogP contribution in [0.15, 0.2) is 121 Å². The van der Waals surface area contributed by atoms with Gasteiger partial charge in [-0.25, -0.2) is 0 Å². The Morgan fingerprint density at radius 3 is 1.09 bits per heavy atom. The summed E-state index contributed by atoms with van der Waals surface area (Å²) in [6, 6.07) is 40.1. The SMILES string of the molecule is Cc1ccc(C2=C(c3ccc(C)cc3)C3(c4ccc(C)cc4)C4C(=O)c5ccccc5C(=O)C4C2(c2ccc(C)cc2)S3=O)cc1. The van der Waals surface area contributed by atoms with Gasteiger partial charge < -0.3 is 0 Å². The van der Waals surface area contributed by atoms with Crippen LogP contribution >= 0.6 is 0 Å². The highest BCUT2D eigenvalue weighted by molar-refractivity contribution is 7.89. The minimum atomic E-state index is -1.77. The van der Waals surface area contributed by atoms with E-state index in [0.717, 1.165) is 55.7 Å². The Kier molecular flexibility index (Phi) is 6.36. The van der Waals surface area contributed by atoms with Gasteiger partial charge in [0, 0.05) is 11.1 Å². The van der Waals surface area contributed by atoms with Crippen molar-refractivity contribution in [2.75, 3.05) is 0 Å². The predicted octanol–water partition coefficient (Wildman–Crippen LogP) is 8.71. The lowest BCUT2D eigenvalue weighted by molar-refractivity contribution is 0.0700. The van der Waals surface area contributed by atoms with Crippen molar-refractivity contribution in [1.82, 2.24) is 0 Å². The molecule has 5 aromatic carbocycles. The van der Waals surface area contributed by atoms with Crippen LogP contribution in [0.4, 0.5) is 0 Å². The fourth-order valence-corrected chi connectivity index (χ4v) is 11.3. The Morgan fingerprint density at radius 2 is 0.761 bits per heavy atom. The van der Waals surface area contributed by atoms with Crippen molar-refractivity contribution in [1.29, 1.82) is 0 Å². The van der Waals surface area contributed by atoms with Crippen LogP contribution in [0.3, 0.4) is 0 Å². The van der Waals surface area contributed by atoms with Crippen LogP contribution in [-0.2, 0) is 20.3 Å². The Balaban J connectivity index is 1.62. The number of ketones is 2. The number of benzene rings is 5. The van der Waals surface area contributed by atoms with E-state index in [1.807, 2.05) is 74.5 Å². The molecule has 4 heteroatoms. The van der Waals surface area contributed by atoms with E-state index in [1.54, 1.807) is 12.1 Å². The number of rotatable bonds is 4. The van der Waals surface area contributed by atoms with Gasteiger partial charge in [0.05, 0.1) is 22.6 Å². The zero-order valence-electron chi connectivity index (χ0n) is 26.3. The summed E-state index contributed by atoms with van der Waals surface area (Å²) < 4.78 is 13.7. The number of hydrogen-bond donors (Lipinski definition) is 0. The van der Waals surface area contributed by atoms with Crippen molar-refractivity contribution < 1.29 is 13.8 Å². The van der Waals surface area contributed by atoms with E-state index >= 15 is 13.8 Å². The average Bonchev–Trinajstić information content (AvgIpc) is 3.44. The van der Waals surface area contributed by atoms with Gasteiger partial charge in [-0.1, -0.05) is 144 Å². The average molecular weight is 619 g/mol. The molecule has 46 heavy (non-hydrogen) atoms. The first-order chi connectivity index (χ1) is 22.2. The molecule has 0 amide bonds. The molecule has 2 heterocycles. The van der Waals surface area contributed by atoms with E-state index in [2.05, 4.69) is 62.4 Å². The first-order valence-electron chi connectivity index (χ1n) is 15.8. The second-order valence-corrected chi connectivity index (χ2v) is 15.0. The van der Waals surface area contributed by atoms with Crippen molar-refractivity contribution >= 4 is 33.5 Å². The maximum atomic E-state index is 16.3. The van der Waals surface area contributed by atoms with Gasteiger partial charge in [0.15, 0.2) is 11.6 Å². The van der Waals surface area contributed by atoms with Gasteiger partial charge in [-0.05, 0) is 61.1 Å². The van der Waals surface area contributed by atoms with Gasteiger partial charge >= 0.3 is 0 Å². The van der Waals surface area contributed by atoms with Crippen molar-refractivity contribution in [2.24, 2.45) is 11.8 Å². The van der Waals surface area contributed by atoms with Crippen LogP contribution < -0.4 is 0 Å². The summed E-state index contributed by atoms with van der Waals surface area (Å²) >= 11 is 0. The molecule has 4 atom stereocenters. The molecule has 3 nitrogen and oxygen atoms in total. The number of hydrogen-bond acceptors (Lipinski definition) is 3. The van der Waals surface area contributed by atoms with Crippen LogP contribution in [-0.4, -0.2) is 15.8 Å². The number of aryl methyl sites for hydroxylation is 4. The van der Waals surface area contributed by atoms with Gasteiger partial charge in [0.2, 0.25) is 0 Å². The largest absolute Gasteiger partial charge is 0.294 e. The third-order valence-corrected chi connectivity index (χ3v) is 13.0. The number of Topliss-reactive ketones (excluding diaryl/α,β-unsaturated/α-hetero) is 2. The van der Waals surface area contributed by atoms with Gasteiger partial charge in [0.25, 0.3) is 0 Å². The molecule has 1 saturated heterocycles. The van der Waals surface area contributed by atoms with E-state index in [1.165, 1.54) is 0 Å². The quantitative estimate of drug-likeness (QED) is 0.202.